The first kappa shape index (κ1) is 25.8. The monoisotopic (exact) mass is 463 g/mol. The van der Waals surface area contributed by atoms with E-state index in [1.165, 1.54) is 24.8 Å². The first-order chi connectivity index (χ1) is 16.3. The Kier molecular flexibility index (Phi) is 9.14. The molecular weight excluding hydrogens is 422 g/mol. The van der Waals surface area contributed by atoms with Crippen LogP contribution in [0, 0.1) is 5.92 Å². The van der Waals surface area contributed by atoms with Gasteiger partial charge in [-0.25, -0.2) is 4.98 Å². The fourth-order valence-corrected chi connectivity index (χ4v) is 4.73. The first-order valence-electron chi connectivity index (χ1n) is 12.9. The van der Waals surface area contributed by atoms with Crippen LogP contribution < -0.4 is 5.32 Å². The molecular formula is C29H41N3O2. The lowest BCUT2D eigenvalue weighted by Crippen LogP contribution is -2.19. The number of hydrogen-bond acceptors (Lipinski definition) is 3. The average molecular weight is 464 g/mol. The van der Waals surface area contributed by atoms with E-state index in [2.05, 4.69) is 80.9 Å². The molecule has 1 aliphatic carbocycles. The van der Waals surface area contributed by atoms with Crippen LogP contribution >= 0.6 is 0 Å². The molecule has 2 aromatic carbocycles. The zero-order valence-corrected chi connectivity index (χ0v) is 21.5. The van der Waals surface area contributed by atoms with Gasteiger partial charge in [-0.3, -0.25) is 4.79 Å². The van der Waals surface area contributed by atoms with Gasteiger partial charge in [0.15, 0.2) is 0 Å². The SMILES string of the molecule is CC(C)c1ccc(Nc2nc3cc(CCC(=O)O)ccc3n2C2CCC[C@@H](C)C2)cc1.CCC. The third-order valence-electron chi connectivity index (χ3n) is 6.49. The minimum Gasteiger partial charge on any atom is -0.481 e. The van der Waals surface area contributed by atoms with E-state index >= 15 is 0 Å². The molecule has 3 aromatic rings. The molecule has 1 heterocycles. The number of carbonyl (C=O) groups is 1. The lowest BCUT2D eigenvalue weighted by molar-refractivity contribution is -0.136. The summed E-state index contributed by atoms with van der Waals surface area (Å²) >= 11 is 0. The highest BCUT2D eigenvalue weighted by molar-refractivity contribution is 5.81. The van der Waals surface area contributed by atoms with Crippen LogP contribution in [0.5, 0.6) is 0 Å². The number of hydrogen-bond donors (Lipinski definition) is 2. The second-order valence-corrected chi connectivity index (χ2v) is 10.1. The zero-order valence-electron chi connectivity index (χ0n) is 21.5. The van der Waals surface area contributed by atoms with Gasteiger partial charge < -0.3 is 15.0 Å². The van der Waals surface area contributed by atoms with Crippen molar-refractivity contribution in [3.63, 3.8) is 0 Å². The smallest absolute Gasteiger partial charge is 0.303 e. The Labute approximate surface area is 204 Å². The van der Waals surface area contributed by atoms with Crippen LogP contribution in [0.4, 0.5) is 11.6 Å². The number of aryl methyl sites for hydroxylation is 1. The summed E-state index contributed by atoms with van der Waals surface area (Å²) < 4.78 is 2.38. The number of anilines is 2. The number of carboxylic acids is 1. The highest BCUT2D eigenvalue weighted by Gasteiger charge is 2.25. The van der Waals surface area contributed by atoms with Crippen molar-refractivity contribution in [1.29, 1.82) is 0 Å². The maximum absolute atomic E-state index is 11.0. The van der Waals surface area contributed by atoms with Crippen molar-refractivity contribution in [3.05, 3.63) is 53.6 Å². The summed E-state index contributed by atoms with van der Waals surface area (Å²) in [5.74, 6) is 1.33. The molecule has 5 heteroatoms. The van der Waals surface area contributed by atoms with E-state index in [9.17, 15) is 4.79 Å². The molecule has 0 radical (unpaired) electrons. The molecule has 5 nitrogen and oxygen atoms in total. The molecule has 0 saturated heterocycles. The van der Waals surface area contributed by atoms with Gasteiger partial charge in [-0.1, -0.05) is 72.1 Å². The fourth-order valence-electron chi connectivity index (χ4n) is 4.73. The molecule has 0 spiro atoms. The Hall–Kier alpha value is -2.82. The normalized spacial score (nSPS) is 17.9. The molecule has 1 saturated carbocycles. The van der Waals surface area contributed by atoms with Crippen molar-refractivity contribution in [2.24, 2.45) is 5.92 Å². The summed E-state index contributed by atoms with van der Waals surface area (Å²) in [6, 6.07) is 15.2. The van der Waals surface area contributed by atoms with E-state index in [1.807, 2.05) is 6.07 Å². The summed E-state index contributed by atoms with van der Waals surface area (Å²) in [4.78, 5) is 15.9. The predicted octanol–water partition coefficient (Wildman–Crippen LogP) is 8.09. The number of benzene rings is 2. The summed E-state index contributed by atoms with van der Waals surface area (Å²) in [6.07, 6.45) is 6.77. The highest BCUT2D eigenvalue weighted by Crippen LogP contribution is 2.37. The van der Waals surface area contributed by atoms with Crippen LogP contribution in [-0.4, -0.2) is 20.6 Å². The van der Waals surface area contributed by atoms with E-state index in [-0.39, 0.29) is 6.42 Å². The number of nitrogens with zero attached hydrogens (tertiary/aromatic N) is 2. The second-order valence-electron chi connectivity index (χ2n) is 10.1. The summed E-state index contributed by atoms with van der Waals surface area (Å²) in [7, 11) is 0. The Morgan fingerprint density at radius 2 is 1.85 bits per heavy atom. The topological polar surface area (TPSA) is 67.2 Å². The van der Waals surface area contributed by atoms with Crippen molar-refractivity contribution >= 4 is 28.6 Å². The third kappa shape index (κ3) is 6.62. The molecule has 1 aromatic heterocycles. The minimum atomic E-state index is -0.769. The first-order valence-corrected chi connectivity index (χ1v) is 12.9. The second kappa shape index (κ2) is 12.0. The molecule has 4 rings (SSSR count). The van der Waals surface area contributed by atoms with Gasteiger partial charge >= 0.3 is 5.97 Å². The van der Waals surface area contributed by atoms with Gasteiger partial charge in [-0.2, -0.15) is 0 Å². The number of imidazole rings is 1. The Morgan fingerprint density at radius 3 is 2.47 bits per heavy atom. The van der Waals surface area contributed by atoms with E-state index in [4.69, 9.17) is 10.1 Å². The molecule has 1 fully saturated rings. The lowest BCUT2D eigenvalue weighted by atomic mass is 9.87. The number of nitrogens with one attached hydrogen (secondary N) is 1. The summed E-state index contributed by atoms with van der Waals surface area (Å²) in [6.45, 7) is 11.0. The van der Waals surface area contributed by atoms with Gasteiger partial charge in [0.1, 0.15) is 0 Å². The van der Waals surface area contributed by atoms with E-state index in [0.29, 0.717) is 24.3 Å². The zero-order chi connectivity index (χ0) is 24.7. The van der Waals surface area contributed by atoms with Gasteiger partial charge in [0.05, 0.1) is 11.0 Å². The van der Waals surface area contributed by atoms with Crippen LogP contribution in [0.2, 0.25) is 0 Å². The maximum atomic E-state index is 11.0. The Morgan fingerprint density at radius 1 is 1.15 bits per heavy atom. The largest absolute Gasteiger partial charge is 0.481 e. The summed E-state index contributed by atoms with van der Waals surface area (Å²) in [5.41, 5.74) is 5.44. The van der Waals surface area contributed by atoms with Crippen molar-refractivity contribution in [2.75, 3.05) is 5.32 Å². The maximum Gasteiger partial charge on any atom is 0.303 e. The number of carboxylic acid groups (broad SMARTS) is 1. The van der Waals surface area contributed by atoms with Crippen LogP contribution in [0.1, 0.15) is 96.2 Å². The molecule has 34 heavy (non-hydrogen) atoms. The van der Waals surface area contributed by atoms with Crippen molar-refractivity contribution in [1.82, 2.24) is 9.55 Å². The third-order valence-corrected chi connectivity index (χ3v) is 6.49. The Balaban J connectivity index is 0.00000103. The molecule has 2 atom stereocenters. The van der Waals surface area contributed by atoms with Crippen LogP contribution in [0.15, 0.2) is 42.5 Å². The summed E-state index contributed by atoms with van der Waals surface area (Å²) in [5, 5.41) is 12.6. The molecule has 0 amide bonds. The van der Waals surface area contributed by atoms with Crippen molar-refractivity contribution in [2.45, 2.75) is 91.5 Å². The van der Waals surface area contributed by atoms with Gasteiger partial charge in [0.2, 0.25) is 5.95 Å². The molecule has 184 valence electrons. The van der Waals surface area contributed by atoms with Crippen LogP contribution in [0.3, 0.4) is 0 Å². The van der Waals surface area contributed by atoms with Gasteiger partial charge in [-0.05, 0) is 66.5 Å². The predicted molar refractivity (Wildman–Crippen MR) is 142 cm³/mol. The average Bonchev–Trinajstić information content (AvgIpc) is 3.15. The number of fused-ring (bicyclic) bond motifs is 1. The molecule has 1 aliphatic rings. The minimum absolute atomic E-state index is 0.139. The Bertz CT molecular complexity index is 1070. The fraction of sp³-hybridized carbons (Fsp3) is 0.517. The van der Waals surface area contributed by atoms with Gasteiger partial charge in [0, 0.05) is 18.2 Å². The number of aliphatic carboxylic acids is 1. The van der Waals surface area contributed by atoms with Gasteiger partial charge in [-0.15, -0.1) is 0 Å². The van der Waals surface area contributed by atoms with E-state index in [1.54, 1.807) is 0 Å². The van der Waals surface area contributed by atoms with Crippen LogP contribution in [-0.2, 0) is 11.2 Å². The van der Waals surface area contributed by atoms with E-state index < -0.39 is 5.97 Å². The standard InChI is InChI=1S/C26H33N3O2.C3H8/c1-17(2)20-9-11-21(12-10-20)27-26-28-23-16-19(8-14-25(30)31)7-13-24(23)29(26)22-6-4-5-18(3)15-22;1-3-2/h7,9-13,16-18,22H,4-6,8,14-15H2,1-3H3,(H,27,28)(H,30,31);3H2,1-2H3/t18-,22?;/m1./s1. The molecule has 1 unspecified atom stereocenters. The highest BCUT2D eigenvalue weighted by atomic mass is 16.4. The molecule has 2 N–H and O–H groups in total. The van der Waals surface area contributed by atoms with Crippen molar-refractivity contribution in [3.8, 4) is 0 Å². The van der Waals surface area contributed by atoms with E-state index in [0.717, 1.165) is 41.1 Å². The number of rotatable bonds is 7. The lowest BCUT2D eigenvalue weighted by Gasteiger charge is -2.29. The number of aromatic nitrogens is 2. The molecule has 0 bridgehead atoms. The van der Waals surface area contributed by atoms with Crippen LogP contribution in [0.25, 0.3) is 11.0 Å². The quantitative estimate of drug-likeness (QED) is 0.371. The van der Waals surface area contributed by atoms with Crippen molar-refractivity contribution < 1.29 is 9.90 Å². The van der Waals surface area contributed by atoms with Gasteiger partial charge in [0.25, 0.3) is 0 Å². The molecule has 0 aliphatic heterocycles.